The molecule has 32 heavy (non-hydrogen) atoms. The Labute approximate surface area is 188 Å². The Hall–Kier alpha value is -3.61. The molecule has 2 aromatic carbocycles. The van der Waals surface area contributed by atoms with Crippen LogP contribution >= 0.6 is 0 Å². The fourth-order valence-corrected chi connectivity index (χ4v) is 3.10. The Morgan fingerprint density at radius 3 is 2.44 bits per heavy atom. The van der Waals surface area contributed by atoms with E-state index in [1.54, 1.807) is 13.2 Å². The quantitative estimate of drug-likeness (QED) is 0.482. The molecule has 7 nitrogen and oxygen atoms in total. The highest BCUT2D eigenvalue weighted by Crippen LogP contribution is 2.27. The van der Waals surface area contributed by atoms with Gasteiger partial charge >= 0.3 is 0 Å². The van der Waals surface area contributed by atoms with E-state index in [9.17, 15) is 4.79 Å². The standard InChI is InChI=1S/C25H29N3O4/c1-17(2)21-10-5-18(3)15-23(21)32-16-24(29)26-13-14-31-25-12-11-22(27-28-25)19-6-8-20(30-4)9-7-19/h5-12,15,17H,13-14,16H2,1-4H3,(H,26,29). The van der Waals surface area contributed by atoms with E-state index in [1.807, 2.05) is 55.5 Å². The SMILES string of the molecule is COc1ccc(-c2ccc(OCCNC(=O)COc3cc(C)ccc3C(C)C)nn2)cc1. The molecule has 0 fully saturated rings. The first-order valence-electron chi connectivity index (χ1n) is 10.6. The zero-order chi connectivity index (χ0) is 22.9. The molecule has 0 saturated carbocycles. The molecule has 0 atom stereocenters. The highest BCUT2D eigenvalue weighted by Gasteiger charge is 2.10. The van der Waals surface area contributed by atoms with Crippen molar-refractivity contribution in [2.45, 2.75) is 26.7 Å². The second-order valence-corrected chi connectivity index (χ2v) is 7.67. The highest BCUT2D eigenvalue weighted by molar-refractivity contribution is 5.77. The number of nitrogens with one attached hydrogen (secondary N) is 1. The number of aryl methyl sites for hydroxylation is 1. The summed E-state index contributed by atoms with van der Waals surface area (Å²) in [5, 5.41) is 11.1. The number of hydrogen-bond donors (Lipinski definition) is 1. The topological polar surface area (TPSA) is 82.6 Å². The number of carbonyl (C=O) groups is 1. The molecule has 0 spiro atoms. The van der Waals surface area contributed by atoms with Gasteiger partial charge in [-0.3, -0.25) is 4.79 Å². The van der Waals surface area contributed by atoms with Crippen molar-refractivity contribution in [3.8, 4) is 28.6 Å². The molecule has 0 aliphatic rings. The van der Waals surface area contributed by atoms with Gasteiger partial charge in [0.05, 0.1) is 19.3 Å². The molecule has 1 aromatic heterocycles. The van der Waals surface area contributed by atoms with Crippen LogP contribution in [0.25, 0.3) is 11.3 Å². The number of amides is 1. The minimum Gasteiger partial charge on any atom is -0.497 e. The molecule has 0 saturated heterocycles. The van der Waals surface area contributed by atoms with E-state index in [2.05, 4.69) is 29.4 Å². The van der Waals surface area contributed by atoms with E-state index in [0.717, 1.165) is 33.9 Å². The normalized spacial score (nSPS) is 10.7. The van der Waals surface area contributed by atoms with E-state index in [1.165, 1.54) is 0 Å². The smallest absolute Gasteiger partial charge is 0.258 e. The summed E-state index contributed by atoms with van der Waals surface area (Å²) in [6.45, 7) is 6.78. The lowest BCUT2D eigenvalue weighted by Gasteiger charge is -2.15. The van der Waals surface area contributed by atoms with Crippen LogP contribution in [0.5, 0.6) is 17.4 Å². The summed E-state index contributed by atoms with van der Waals surface area (Å²) >= 11 is 0. The summed E-state index contributed by atoms with van der Waals surface area (Å²) in [6.07, 6.45) is 0. The second kappa shape index (κ2) is 11.1. The van der Waals surface area contributed by atoms with E-state index in [0.29, 0.717) is 18.3 Å². The molecule has 0 bridgehead atoms. The van der Waals surface area contributed by atoms with Crippen LogP contribution < -0.4 is 19.5 Å². The van der Waals surface area contributed by atoms with Gasteiger partial charge in [0, 0.05) is 11.6 Å². The minimum atomic E-state index is -0.203. The summed E-state index contributed by atoms with van der Waals surface area (Å²) in [4.78, 5) is 12.1. The van der Waals surface area contributed by atoms with Crippen LogP contribution in [-0.2, 0) is 4.79 Å². The predicted octanol–water partition coefficient (Wildman–Crippen LogP) is 4.16. The van der Waals surface area contributed by atoms with Crippen molar-refractivity contribution in [2.24, 2.45) is 0 Å². The third-order valence-corrected chi connectivity index (χ3v) is 4.85. The summed E-state index contributed by atoms with van der Waals surface area (Å²) in [7, 11) is 1.63. The van der Waals surface area contributed by atoms with E-state index < -0.39 is 0 Å². The number of ether oxygens (including phenoxy) is 3. The number of methoxy groups -OCH3 is 1. The number of nitrogens with zero attached hydrogens (tertiary/aromatic N) is 2. The molecule has 0 unspecified atom stereocenters. The fraction of sp³-hybridized carbons (Fsp3) is 0.320. The zero-order valence-corrected chi connectivity index (χ0v) is 18.9. The van der Waals surface area contributed by atoms with Crippen LogP contribution in [0.15, 0.2) is 54.6 Å². The minimum absolute atomic E-state index is 0.0421. The van der Waals surface area contributed by atoms with E-state index in [4.69, 9.17) is 14.2 Å². The maximum Gasteiger partial charge on any atom is 0.258 e. The predicted molar refractivity (Wildman–Crippen MR) is 123 cm³/mol. The molecule has 7 heteroatoms. The fourth-order valence-electron chi connectivity index (χ4n) is 3.10. The van der Waals surface area contributed by atoms with Crippen LogP contribution in [0, 0.1) is 6.92 Å². The lowest BCUT2D eigenvalue weighted by atomic mass is 10.0. The monoisotopic (exact) mass is 435 g/mol. The van der Waals surface area contributed by atoms with Gasteiger partial charge in [0.25, 0.3) is 5.91 Å². The van der Waals surface area contributed by atoms with Gasteiger partial charge in [0.2, 0.25) is 5.88 Å². The molecular weight excluding hydrogens is 406 g/mol. The third kappa shape index (κ3) is 6.44. The number of rotatable bonds is 10. The third-order valence-electron chi connectivity index (χ3n) is 4.85. The van der Waals surface area contributed by atoms with Crippen LogP contribution in [0.4, 0.5) is 0 Å². The average Bonchev–Trinajstić information content (AvgIpc) is 2.81. The van der Waals surface area contributed by atoms with E-state index >= 15 is 0 Å². The van der Waals surface area contributed by atoms with Gasteiger partial charge in [-0.05, 0) is 60.4 Å². The molecule has 168 valence electrons. The summed E-state index contributed by atoms with van der Waals surface area (Å²) in [6, 6.07) is 17.2. The maximum atomic E-state index is 12.1. The Bertz CT molecular complexity index is 1020. The van der Waals surface area contributed by atoms with Gasteiger partial charge < -0.3 is 19.5 Å². The summed E-state index contributed by atoms with van der Waals surface area (Å²) < 4.78 is 16.5. The molecule has 3 aromatic rings. The summed E-state index contributed by atoms with van der Waals surface area (Å²) in [5.74, 6) is 2.05. The zero-order valence-electron chi connectivity index (χ0n) is 18.9. The Morgan fingerprint density at radius 1 is 1.00 bits per heavy atom. The van der Waals surface area contributed by atoms with Crippen LogP contribution in [-0.4, -0.2) is 43.0 Å². The average molecular weight is 436 g/mol. The molecule has 0 aliphatic carbocycles. The van der Waals surface area contributed by atoms with Gasteiger partial charge in [-0.25, -0.2) is 0 Å². The first kappa shape index (κ1) is 23.1. The first-order chi connectivity index (χ1) is 15.5. The van der Waals surface area contributed by atoms with E-state index in [-0.39, 0.29) is 19.1 Å². The number of benzene rings is 2. The molecule has 0 aliphatic heterocycles. The lowest BCUT2D eigenvalue weighted by molar-refractivity contribution is -0.123. The Balaban J connectivity index is 1.41. The van der Waals surface area contributed by atoms with Gasteiger partial charge in [0.1, 0.15) is 18.1 Å². The van der Waals surface area contributed by atoms with Crippen molar-refractivity contribution in [2.75, 3.05) is 26.9 Å². The van der Waals surface area contributed by atoms with Crippen molar-refractivity contribution < 1.29 is 19.0 Å². The van der Waals surface area contributed by atoms with Gasteiger partial charge in [-0.15, -0.1) is 10.2 Å². The van der Waals surface area contributed by atoms with Crippen molar-refractivity contribution in [1.82, 2.24) is 15.5 Å². The van der Waals surface area contributed by atoms with Gasteiger partial charge in [0.15, 0.2) is 6.61 Å². The largest absolute Gasteiger partial charge is 0.497 e. The molecule has 1 amide bonds. The Morgan fingerprint density at radius 2 is 1.78 bits per heavy atom. The summed E-state index contributed by atoms with van der Waals surface area (Å²) in [5.41, 5.74) is 3.86. The van der Waals surface area contributed by atoms with Crippen molar-refractivity contribution in [3.63, 3.8) is 0 Å². The highest BCUT2D eigenvalue weighted by atomic mass is 16.5. The number of hydrogen-bond acceptors (Lipinski definition) is 6. The van der Waals surface area contributed by atoms with Crippen LogP contribution in [0.1, 0.15) is 30.9 Å². The number of carbonyl (C=O) groups excluding carboxylic acids is 1. The van der Waals surface area contributed by atoms with Crippen LogP contribution in [0.3, 0.4) is 0 Å². The van der Waals surface area contributed by atoms with Crippen molar-refractivity contribution >= 4 is 5.91 Å². The van der Waals surface area contributed by atoms with Gasteiger partial charge in [-0.2, -0.15) is 0 Å². The van der Waals surface area contributed by atoms with Crippen molar-refractivity contribution in [3.05, 3.63) is 65.7 Å². The molecule has 0 radical (unpaired) electrons. The van der Waals surface area contributed by atoms with Gasteiger partial charge in [-0.1, -0.05) is 26.0 Å². The first-order valence-corrected chi connectivity index (χ1v) is 10.6. The second-order valence-electron chi connectivity index (χ2n) is 7.67. The number of aromatic nitrogens is 2. The molecular formula is C25H29N3O4. The molecule has 1 N–H and O–H groups in total. The molecule has 3 rings (SSSR count). The lowest BCUT2D eigenvalue weighted by Crippen LogP contribution is -2.32. The van der Waals surface area contributed by atoms with Crippen molar-refractivity contribution in [1.29, 1.82) is 0 Å². The maximum absolute atomic E-state index is 12.1. The Kier molecular flexibility index (Phi) is 8.02. The van der Waals surface area contributed by atoms with Crippen LogP contribution in [0.2, 0.25) is 0 Å². The molecule has 1 heterocycles.